The Labute approximate surface area is 79.4 Å². The molecule has 1 saturated carbocycles. The molecular weight excluding hydrogens is 160 g/mol. The lowest BCUT2D eigenvalue weighted by molar-refractivity contribution is 0.754. The van der Waals surface area contributed by atoms with Gasteiger partial charge in [0.2, 0.25) is 0 Å². The molecule has 0 amide bonds. The highest BCUT2D eigenvalue weighted by Gasteiger charge is 2.14. The monoisotopic (exact) mass is 176 g/mol. The van der Waals surface area contributed by atoms with Crippen LogP contribution in [0.3, 0.4) is 0 Å². The summed E-state index contributed by atoms with van der Waals surface area (Å²) in [6.07, 6.45) is 9.17. The number of hydrogen-bond donors (Lipinski definition) is 1. The third-order valence-corrected chi connectivity index (χ3v) is 2.60. The molecule has 2 heteroatoms. The molecule has 2 nitrogen and oxygen atoms in total. The van der Waals surface area contributed by atoms with Crippen LogP contribution in [0.2, 0.25) is 0 Å². The molecule has 0 aromatic carbocycles. The van der Waals surface area contributed by atoms with Gasteiger partial charge in [-0.3, -0.25) is 4.98 Å². The fraction of sp³-hybridized carbons (Fsp3) is 0.545. The number of rotatable bonds is 2. The molecule has 1 heterocycles. The van der Waals surface area contributed by atoms with Crippen molar-refractivity contribution in [2.45, 2.75) is 38.6 Å². The zero-order valence-corrected chi connectivity index (χ0v) is 8.09. The van der Waals surface area contributed by atoms with Crippen LogP contribution in [-0.4, -0.2) is 11.0 Å². The Balaban J connectivity index is 2.00. The lowest BCUT2D eigenvalue weighted by Crippen LogP contribution is -2.14. The quantitative estimate of drug-likeness (QED) is 0.749. The van der Waals surface area contributed by atoms with E-state index in [4.69, 9.17) is 0 Å². The van der Waals surface area contributed by atoms with Gasteiger partial charge >= 0.3 is 0 Å². The summed E-state index contributed by atoms with van der Waals surface area (Å²) in [5, 5.41) is 3.52. The van der Waals surface area contributed by atoms with Crippen LogP contribution in [0, 0.1) is 6.92 Å². The van der Waals surface area contributed by atoms with Gasteiger partial charge in [0.15, 0.2) is 0 Å². The SMILES string of the molecule is Cc1cncc(NC2CCCC2)c1. The zero-order chi connectivity index (χ0) is 9.10. The highest BCUT2D eigenvalue weighted by Crippen LogP contribution is 2.21. The highest BCUT2D eigenvalue weighted by molar-refractivity contribution is 5.43. The van der Waals surface area contributed by atoms with Crippen molar-refractivity contribution in [3.05, 3.63) is 24.0 Å². The van der Waals surface area contributed by atoms with E-state index in [-0.39, 0.29) is 0 Å². The molecule has 70 valence electrons. The number of aryl methyl sites for hydroxylation is 1. The summed E-state index contributed by atoms with van der Waals surface area (Å²) >= 11 is 0. The number of nitrogens with one attached hydrogen (secondary N) is 1. The topological polar surface area (TPSA) is 24.9 Å². The van der Waals surface area contributed by atoms with E-state index in [1.807, 2.05) is 12.4 Å². The van der Waals surface area contributed by atoms with Crippen molar-refractivity contribution in [1.29, 1.82) is 0 Å². The first kappa shape index (κ1) is 8.54. The molecule has 0 bridgehead atoms. The van der Waals surface area contributed by atoms with Gasteiger partial charge in [-0.15, -0.1) is 0 Å². The highest BCUT2D eigenvalue weighted by atomic mass is 14.9. The van der Waals surface area contributed by atoms with Gasteiger partial charge in [0.1, 0.15) is 0 Å². The Morgan fingerprint density at radius 2 is 2.08 bits per heavy atom. The van der Waals surface area contributed by atoms with Crippen LogP contribution in [0.4, 0.5) is 5.69 Å². The number of aromatic nitrogens is 1. The summed E-state index contributed by atoms with van der Waals surface area (Å²) in [7, 11) is 0. The average Bonchev–Trinajstić information content (AvgIpc) is 2.57. The minimum atomic E-state index is 0.684. The van der Waals surface area contributed by atoms with Crippen molar-refractivity contribution >= 4 is 5.69 Å². The smallest absolute Gasteiger partial charge is 0.0531 e. The van der Waals surface area contributed by atoms with Gasteiger partial charge in [-0.25, -0.2) is 0 Å². The maximum atomic E-state index is 4.16. The molecule has 1 aliphatic rings. The third-order valence-electron chi connectivity index (χ3n) is 2.60. The van der Waals surface area contributed by atoms with Crippen molar-refractivity contribution < 1.29 is 0 Å². The van der Waals surface area contributed by atoms with Gasteiger partial charge in [-0.2, -0.15) is 0 Å². The minimum absolute atomic E-state index is 0.684. The molecule has 0 atom stereocenters. The maximum absolute atomic E-state index is 4.16. The summed E-state index contributed by atoms with van der Waals surface area (Å²) in [6, 6.07) is 2.84. The van der Waals surface area contributed by atoms with Crippen molar-refractivity contribution in [3.8, 4) is 0 Å². The van der Waals surface area contributed by atoms with E-state index in [0.29, 0.717) is 6.04 Å². The number of nitrogens with zero attached hydrogens (tertiary/aromatic N) is 1. The van der Waals surface area contributed by atoms with Gasteiger partial charge in [0.25, 0.3) is 0 Å². The van der Waals surface area contributed by atoms with Crippen LogP contribution in [0.25, 0.3) is 0 Å². The van der Waals surface area contributed by atoms with E-state index in [2.05, 4.69) is 23.3 Å². The fourth-order valence-corrected chi connectivity index (χ4v) is 1.94. The molecule has 1 aromatic heterocycles. The predicted molar refractivity (Wildman–Crippen MR) is 54.9 cm³/mol. The Hall–Kier alpha value is -1.05. The van der Waals surface area contributed by atoms with Gasteiger partial charge in [0, 0.05) is 18.4 Å². The second-order valence-corrected chi connectivity index (χ2v) is 3.88. The van der Waals surface area contributed by atoms with Crippen LogP contribution in [0.5, 0.6) is 0 Å². The van der Waals surface area contributed by atoms with E-state index >= 15 is 0 Å². The van der Waals surface area contributed by atoms with Crippen molar-refractivity contribution in [1.82, 2.24) is 4.98 Å². The summed E-state index contributed by atoms with van der Waals surface area (Å²) in [5.41, 5.74) is 2.40. The van der Waals surface area contributed by atoms with Gasteiger partial charge < -0.3 is 5.32 Å². The van der Waals surface area contributed by atoms with E-state index in [1.54, 1.807) is 0 Å². The maximum Gasteiger partial charge on any atom is 0.0531 e. The average molecular weight is 176 g/mol. The van der Waals surface area contributed by atoms with E-state index in [9.17, 15) is 0 Å². The van der Waals surface area contributed by atoms with E-state index in [1.165, 1.54) is 36.9 Å². The molecule has 0 unspecified atom stereocenters. The van der Waals surface area contributed by atoms with Crippen LogP contribution < -0.4 is 5.32 Å². The first-order chi connectivity index (χ1) is 6.34. The Kier molecular flexibility index (Phi) is 2.48. The Bertz CT molecular complexity index is 277. The summed E-state index contributed by atoms with van der Waals surface area (Å²) in [4.78, 5) is 4.16. The largest absolute Gasteiger partial charge is 0.381 e. The Morgan fingerprint density at radius 3 is 2.77 bits per heavy atom. The van der Waals surface area contributed by atoms with Gasteiger partial charge in [0.05, 0.1) is 5.69 Å². The van der Waals surface area contributed by atoms with E-state index in [0.717, 1.165) is 0 Å². The van der Waals surface area contributed by atoms with Crippen LogP contribution >= 0.6 is 0 Å². The second kappa shape index (κ2) is 3.77. The molecule has 1 N–H and O–H groups in total. The summed E-state index contributed by atoms with van der Waals surface area (Å²) in [5.74, 6) is 0. The fourth-order valence-electron chi connectivity index (χ4n) is 1.94. The molecule has 1 aliphatic carbocycles. The van der Waals surface area contributed by atoms with Crippen molar-refractivity contribution in [2.24, 2.45) is 0 Å². The lowest BCUT2D eigenvalue weighted by atomic mass is 10.2. The molecular formula is C11H16N2. The molecule has 1 fully saturated rings. The molecule has 0 radical (unpaired) electrons. The lowest BCUT2D eigenvalue weighted by Gasteiger charge is -2.12. The number of pyridine rings is 1. The van der Waals surface area contributed by atoms with Gasteiger partial charge in [-0.1, -0.05) is 12.8 Å². The third kappa shape index (κ3) is 2.20. The molecule has 0 aliphatic heterocycles. The Morgan fingerprint density at radius 1 is 1.31 bits per heavy atom. The van der Waals surface area contributed by atoms with E-state index < -0.39 is 0 Å². The van der Waals surface area contributed by atoms with Crippen molar-refractivity contribution in [3.63, 3.8) is 0 Å². The number of anilines is 1. The summed E-state index contributed by atoms with van der Waals surface area (Å²) < 4.78 is 0. The van der Waals surface area contributed by atoms with Crippen LogP contribution in [-0.2, 0) is 0 Å². The predicted octanol–water partition coefficient (Wildman–Crippen LogP) is 2.74. The normalized spacial score (nSPS) is 17.6. The van der Waals surface area contributed by atoms with Crippen LogP contribution in [0.1, 0.15) is 31.2 Å². The number of hydrogen-bond acceptors (Lipinski definition) is 2. The molecule has 2 rings (SSSR count). The molecule has 0 spiro atoms. The molecule has 0 saturated heterocycles. The molecule has 13 heavy (non-hydrogen) atoms. The van der Waals surface area contributed by atoms with Gasteiger partial charge in [-0.05, 0) is 31.4 Å². The molecule has 1 aromatic rings. The standard InChI is InChI=1S/C11H16N2/c1-9-6-11(8-12-7-9)13-10-4-2-3-5-10/h6-8,10,13H,2-5H2,1H3. The van der Waals surface area contributed by atoms with Crippen LogP contribution in [0.15, 0.2) is 18.5 Å². The minimum Gasteiger partial charge on any atom is -0.381 e. The first-order valence-corrected chi connectivity index (χ1v) is 5.03. The van der Waals surface area contributed by atoms with Crippen molar-refractivity contribution in [2.75, 3.05) is 5.32 Å². The second-order valence-electron chi connectivity index (χ2n) is 3.88. The summed E-state index contributed by atoms with van der Waals surface area (Å²) in [6.45, 7) is 2.08. The first-order valence-electron chi connectivity index (χ1n) is 5.03. The zero-order valence-electron chi connectivity index (χ0n) is 8.09.